The summed E-state index contributed by atoms with van der Waals surface area (Å²) in [4.78, 5) is 9.01. The molecule has 3 aromatic rings. The van der Waals surface area contributed by atoms with E-state index >= 15 is 0 Å². The zero-order valence-corrected chi connectivity index (χ0v) is 13.9. The monoisotopic (exact) mass is 325 g/mol. The van der Waals surface area contributed by atoms with Gasteiger partial charge in [0.2, 0.25) is 0 Å². The molecule has 3 rings (SSSR count). The molecule has 0 aliphatic carbocycles. The highest BCUT2D eigenvalue weighted by Gasteiger charge is 2.12. The first-order chi connectivity index (χ1) is 11.7. The van der Waals surface area contributed by atoms with Gasteiger partial charge in [-0.15, -0.1) is 0 Å². The first-order valence-corrected chi connectivity index (χ1v) is 7.58. The summed E-state index contributed by atoms with van der Waals surface area (Å²) in [7, 11) is 3.16. The molecule has 0 amide bonds. The molecule has 24 heavy (non-hydrogen) atoms. The Balaban J connectivity index is 2.09. The molecule has 2 aromatic carbocycles. The average molecular weight is 325 g/mol. The smallest absolute Gasteiger partial charge is 0.162 e. The summed E-state index contributed by atoms with van der Waals surface area (Å²) in [5, 5.41) is 0.724. The molecule has 1 heterocycles. The molecule has 0 spiro atoms. The lowest BCUT2D eigenvalue weighted by atomic mass is 10.1. The maximum absolute atomic E-state index is 6.11. The summed E-state index contributed by atoms with van der Waals surface area (Å²) in [6, 6.07) is 11.2. The maximum atomic E-state index is 6.11. The summed E-state index contributed by atoms with van der Waals surface area (Å²) in [5.74, 6) is 2.94. The van der Waals surface area contributed by atoms with E-state index in [0.29, 0.717) is 35.3 Å². The van der Waals surface area contributed by atoms with Gasteiger partial charge >= 0.3 is 0 Å². The molecule has 1 aromatic heterocycles. The Labute approximate surface area is 140 Å². The van der Waals surface area contributed by atoms with E-state index in [2.05, 4.69) is 9.97 Å². The van der Waals surface area contributed by atoms with Crippen LogP contribution in [0, 0.1) is 0 Å². The number of rotatable bonds is 5. The predicted molar refractivity (Wildman–Crippen MR) is 93.7 cm³/mol. The molecule has 0 aliphatic rings. The second-order valence-electron chi connectivity index (χ2n) is 5.11. The number of anilines is 1. The quantitative estimate of drug-likeness (QED) is 0.775. The molecule has 0 unspecified atom stereocenters. The fraction of sp³-hybridized carbons (Fsp3) is 0.222. The molecule has 0 saturated heterocycles. The Bertz CT molecular complexity index is 864. The van der Waals surface area contributed by atoms with E-state index < -0.39 is 0 Å². The van der Waals surface area contributed by atoms with Crippen LogP contribution in [0.2, 0.25) is 0 Å². The van der Waals surface area contributed by atoms with Crippen LogP contribution >= 0.6 is 0 Å². The van der Waals surface area contributed by atoms with Gasteiger partial charge in [0.15, 0.2) is 17.3 Å². The molecular weight excluding hydrogens is 306 g/mol. The van der Waals surface area contributed by atoms with Crippen LogP contribution in [0.5, 0.6) is 17.2 Å². The largest absolute Gasteiger partial charge is 0.494 e. The lowest BCUT2D eigenvalue weighted by Gasteiger charge is -2.11. The first-order valence-electron chi connectivity index (χ1n) is 7.58. The summed E-state index contributed by atoms with van der Waals surface area (Å²) in [5.41, 5.74) is 7.68. The van der Waals surface area contributed by atoms with Crippen molar-refractivity contribution in [3.8, 4) is 28.6 Å². The fourth-order valence-corrected chi connectivity index (χ4v) is 2.48. The minimum Gasteiger partial charge on any atom is -0.494 e. The van der Waals surface area contributed by atoms with Crippen LogP contribution in [0.15, 0.2) is 36.4 Å². The molecule has 6 nitrogen and oxygen atoms in total. The molecule has 2 N–H and O–H groups in total. The van der Waals surface area contributed by atoms with Crippen molar-refractivity contribution in [1.82, 2.24) is 9.97 Å². The van der Waals surface area contributed by atoms with Crippen molar-refractivity contribution >= 4 is 16.7 Å². The number of nitrogens with two attached hydrogens (primary N) is 1. The van der Waals surface area contributed by atoms with Crippen molar-refractivity contribution in [3.05, 3.63) is 36.4 Å². The average Bonchev–Trinajstić information content (AvgIpc) is 2.61. The molecule has 0 bridgehead atoms. The number of aromatic nitrogens is 2. The normalized spacial score (nSPS) is 10.6. The molecule has 6 heteroatoms. The number of hydrogen-bond acceptors (Lipinski definition) is 6. The van der Waals surface area contributed by atoms with E-state index in [1.54, 1.807) is 26.4 Å². The highest BCUT2D eigenvalue weighted by molar-refractivity contribution is 5.92. The van der Waals surface area contributed by atoms with E-state index in [-0.39, 0.29) is 0 Å². The van der Waals surface area contributed by atoms with Gasteiger partial charge in [0.05, 0.1) is 26.3 Å². The topological polar surface area (TPSA) is 79.5 Å². The second-order valence-corrected chi connectivity index (χ2v) is 5.11. The van der Waals surface area contributed by atoms with Crippen molar-refractivity contribution in [2.75, 3.05) is 26.6 Å². The third-order valence-electron chi connectivity index (χ3n) is 3.65. The van der Waals surface area contributed by atoms with Crippen LogP contribution in [0.25, 0.3) is 22.3 Å². The van der Waals surface area contributed by atoms with Crippen LogP contribution in [0.3, 0.4) is 0 Å². The predicted octanol–water partition coefficient (Wildman–Crippen LogP) is 3.29. The van der Waals surface area contributed by atoms with Gasteiger partial charge in [-0.05, 0) is 37.3 Å². The molecule has 0 aliphatic heterocycles. The van der Waals surface area contributed by atoms with Gasteiger partial charge in [0.25, 0.3) is 0 Å². The third-order valence-corrected chi connectivity index (χ3v) is 3.65. The van der Waals surface area contributed by atoms with E-state index in [1.807, 2.05) is 31.2 Å². The zero-order chi connectivity index (χ0) is 17.1. The van der Waals surface area contributed by atoms with E-state index in [4.69, 9.17) is 19.9 Å². The van der Waals surface area contributed by atoms with Gasteiger partial charge in [-0.2, -0.15) is 0 Å². The highest BCUT2D eigenvalue weighted by atomic mass is 16.5. The van der Waals surface area contributed by atoms with Gasteiger partial charge in [-0.3, -0.25) is 0 Å². The van der Waals surface area contributed by atoms with Crippen LogP contribution in [-0.2, 0) is 0 Å². The molecular formula is C18H19N3O3. The van der Waals surface area contributed by atoms with E-state index in [9.17, 15) is 0 Å². The highest BCUT2D eigenvalue weighted by Crippen LogP contribution is 2.34. The van der Waals surface area contributed by atoms with Crippen LogP contribution in [-0.4, -0.2) is 30.8 Å². The van der Waals surface area contributed by atoms with Crippen LogP contribution < -0.4 is 19.9 Å². The summed E-state index contributed by atoms with van der Waals surface area (Å²) in [6.45, 7) is 2.57. The lowest BCUT2D eigenvalue weighted by molar-refractivity contribution is 0.340. The van der Waals surface area contributed by atoms with Crippen LogP contribution in [0.4, 0.5) is 5.82 Å². The number of methoxy groups -OCH3 is 2. The number of fused-ring (bicyclic) bond motifs is 1. The van der Waals surface area contributed by atoms with Gasteiger partial charge < -0.3 is 19.9 Å². The van der Waals surface area contributed by atoms with Gasteiger partial charge in [0.1, 0.15) is 11.6 Å². The summed E-state index contributed by atoms with van der Waals surface area (Å²) < 4.78 is 16.1. The second kappa shape index (κ2) is 6.62. The minimum atomic E-state index is 0.393. The third kappa shape index (κ3) is 2.90. The Hall–Kier alpha value is -3.02. The number of benzene rings is 2. The lowest BCUT2D eigenvalue weighted by Crippen LogP contribution is -1.99. The van der Waals surface area contributed by atoms with E-state index in [1.165, 1.54) is 0 Å². The number of nitrogens with zero attached hydrogens (tertiary/aromatic N) is 2. The van der Waals surface area contributed by atoms with Gasteiger partial charge in [-0.25, -0.2) is 9.97 Å². The van der Waals surface area contributed by atoms with Crippen molar-refractivity contribution in [2.24, 2.45) is 0 Å². The first kappa shape index (κ1) is 15.9. The SMILES string of the molecule is CCOc1ccc(-c2nc(N)c3cc(OC)c(OC)cc3n2)cc1. The Kier molecular flexibility index (Phi) is 4.37. The number of hydrogen-bond donors (Lipinski definition) is 1. The van der Waals surface area contributed by atoms with Crippen LogP contribution in [0.1, 0.15) is 6.92 Å². The number of ether oxygens (including phenoxy) is 3. The van der Waals surface area contributed by atoms with Crippen molar-refractivity contribution in [3.63, 3.8) is 0 Å². The van der Waals surface area contributed by atoms with Gasteiger partial charge in [-0.1, -0.05) is 0 Å². The number of nitrogen functional groups attached to an aromatic ring is 1. The van der Waals surface area contributed by atoms with Crippen molar-refractivity contribution < 1.29 is 14.2 Å². The molecule has 0 saturated carbocycles. The molecule has 124 valence electrons. The Morgan fingerprint density at radius 3 is 2.25 bits per heavy atom. The van der Waals surface area contributed by atoms with E-state index in [0.717, 1.165) is 16.7 Å². The molecule has 0 radical (unpaired) electrons. The van der Waals surface area contributed by atoms with Crippen molar-refractivity contribution in [2.45, 2.75) is 6.92 Å². The molecule has 0 atom stereocenters. The maximum Gasteiger partial charge on any atom is 0.162 e. The minimum absolute atomic E-state index is 0.393. The molecule has 0 fully saturated rings. The standard InChI is InChI=1S/C18H19N3O3/c1-4-24-12-7-5-11(6-8-12)18-20-14-10-16(23-3)15(22-2)9-13(14)17(19)21-18/h5-10H,4H2,1-3H3,(H2,19,20,21). The zero-order valence-electron chi connectivity index (χ0n) is 13.9. The summed E-state index contributed by atoms with van der Waals surface area (Å²) >= 11 is 0. The fourth-order valence-electron chi connectivity index (χ4n) is 2.48. The van der Waals surface area contributed by atoms with Gasteiger partial charge in [0, 0.05) is 17.0 Å². The Morgan fingerprint density at radius 2 is 1.62 bits per heavy atom. The van der Waals surface area contributed by atoms with Crippen molar-refractivity contribution in [1.29, 1.82) is 0 Å². The Morgan fingerprint density at radius 1 is 0.958 bits per heavy atom. The summed E-state index contributed by atoms with van der Waals surface area (Å²) in [6.07, 6.45) is 0.